The second-order valence-corrected chi connectivity index (χ2v) is 29.2. The zero-order valence-electron chi connectivity index (χ0n) is 62.2. The summed E-state index contributed by atoms with van der Waals surface area (Å²) in [5.41, 5.74) is 0. The Morgan fingerprint density at radius 1 is 0.296 bits per heavy atom. The van der Waals surface area contributed by atoms with Crippen molar-refractivity contribution in [2.75, 3.05) is 39.6 Å². The van der Waals surface area contributed by atoms with Crippen molar-refractivity contribution < 1.29 is 80.2 Å². The van der Waals surface area contributed by atoms with Gasteiger partial charge in [0.15, 0.2) is 12.2 Å². The minimum Gasteiger partial charge on any atom is -0.462 e. The van der Waals surface area contributed by atoms with Crippen molar-refractivity contribution in [1.29, 1.82) is 0 Å². The van der Waals surface area contributed by atoms with Gasteiger partial charge in [0, 0.05) is 25.7 Å². The summed E-state index contributed by atoms with van der Waals surface area (Å²) in [6.07, 6.45) is 71.6. The fourth-order valence-electron chi connectivity index (χ4n) is 10.7. The number of carbonyl (C=O) groups is 4. The van der Waals surface area contributed by atoms with Gasteiger partial charge in [0.2, 0.25) is 0 Å². The molecule has 0 heterocycles. The Balaban J connectivity index is 5.34. The standard InChI is InChI=1S/C79H142O17P2/c1-5-9-13-17-21-25-29-33-36-40-43-47-51-55-59-63-76(81)89-69-74(95-78(83)65-61-57-53-49-45-39-32-28-24-20-16-12-8-4)71-93-97(85,86)91-67-73(80)68-92-98(87,88)94-72-75(96-79(84)66-62-58-54-50-46-42-38-35-31-27-23-19-15-11-7-3)70-90-77(82)64-60-56-52-48-44-41-37-34-30-26-22-18-14-10-6-2/h9,13,21-22,25-26,28,32-34,36-37,73-75,80H,5-8,10-12,14-20,23-24,27,29-31,35,38-72H2,1-4H3,(H,85,86)(H,87,88)/b13-9-,25-21-,26-22-,32-28-,36-33-,37-34-. The van der Waals surface area contributed by atoms with Crippen LogP contribution in [-0.4, -0.2) is 96.7 Å². The Labute approximate surface area is 596 Å². The maximum Gasteiger partial charge on any atom is 0.472 e. The first-order valence-corrected chi connectivity index (χ1v) is 42.2. The number of aliphatic hydroxyl groups is 1. The van der Waals surface area contributed by atoms with E-state index in [1.54, 1.807) is 0 Å². The highest BCUT2D eigenvalue weighted by molar-refractivity contribution is 7.47. The van der Waals surface area contributed by atoms with E-state index in [0.29, 0.717) is 25.7 Å². The van der Waals surface area contributed by atoms with Gasteiger partial charge >= 0.3 is 39.5 Å². The van der Waals surface area contributed by atoms with E-state index < -0.39 is 97.5 Å². The number of phosphoric ester groups is 2. The largest absolute Gasteiger partial charge is 0.472 e. The minimum absolute atomic E-state index is 0.0832. The van der Waals surface area contributed by atoms with Crippen LogP contribution >= 0.6 is 15.6 Å². The Kier molecular flexibility index (Phi) is 69.3. The monoisotopic (exact) mass is 1420 g/mol. The van der Waals surface area contributed by atoms with Crippen LogP contribution in [0.2, 0.25) is 0 Å². The topological polar surface area (TPSA) is 237 Å². The molecule has 0 aromatic rings. The summed E-state index contributed by atoms with van der Waals surface area (Å²) in [6, 6.07) is 0. The van der Waals surface area contributed by atoms with Crippen LogP contribution in [0.25, 0.3) is 0 Å². The molecule has 0 bridgehead atoms. The van der Waals surface area contributed by atoms with E-state index in [0.717, 1.165) is 161 Å². The van der Waals surface area contributed by atoms with Crippen molar-refractivity contribution in [1.82, 2.24) is 0 Å². The van der Waals surface area contributed by atoms with Crippen LogP contribution < -0.4 is 0 Å². The first-order chi connectivity index (χ1) is 47.7. The van der Waals surface area contributed by atoms with Gasteiger partial charge in [-0.25, -0.2) is 9.13 Å². The third-order valence-electron chi connectivity index (χ3n) is 16.7. The molecule has 0 aliphatic carbocycles. The lowest BCUT2D eigenvalue weighted by Crippen LogP contribution is -2.30. The molecule has 0 rings (SSSR count). The van der Waals surface area contributed by atoms with Gasteiger partial charge in [-0.05, 0) is 116 Å². The molecule has 0 aliphatic heterocycles. The Morgan fingerprint density at radius 3 is 0.857 bits per heavy atom. The molecule has 98 heavy (non-hydrogen) atoms. The molecule has 0 saturated heterocycles. The smallest absolute Gasteiger partial charge is 0.462 e. The number of hydrogen-bond donors (Lipinski definition) is 3. The van der Waals surface area contributed by atoms with Crippen LogP contribution in [-0.2, 0) is 65.4 Å². The maximum absolute atomic E-state index is 13.1. The second kappa shape index (κ2) is 71.9. The molecule has 19 heteroatoms. The van der Waals surface area contributed by atoms with E-state index in [9.17, 15) is 43.2 Å². The molecular weight excluding hydrogens is 1280 g/mol. The highest BCUT2D eigenvalue weighted by atomic mass is 31.2. The highest BCUT2D eigenvalue weighted by Gasteiger charge is 2.30. The normalized spacial score (nSPS) is 14.3. The summed E-state index contributed by atoms with van der Waals surface area (Å²) >= 11 is 0. The number of esters is 4. The van der Waals surface area contributed by atoms with Gasteiger partial charge in [-0.2, -0.15) is 0 Å². The number of unbranched alkanes of at least 4 members (excludes halogenated alkanes) is 36. The van der Waals surface area contributed by atoms with Gasteiger partial charge < -0.3 is 33.8 Å². The molecule has 0 saturated carbocycles. The molecule has 0 radical (unpaired) electrons. The predicted octanol–water partition coefficient (Wildman–Crippen LogP) is 22.4. The van der Waals surface area contributed by atoms with E-state index in [1.807, 2.05) is 0 Å². The summed E-state index contributed by atoms with van der Waals surface area (Å²) in [5.74, 6) is -2.19. The van der Waals surface area contributed by atoms with E-state index >= 15 is 0 Å². The molecule has 570 valence electrons. The third-order valence-corrected chi connectivity index (χ3v) is 18.6. The average molecular weight is 1430 g/mol. The molecular formula is C79H142O17P2. The van der Waals surface area contributed by atoms with Crippen molar-refractivity contribution in [3.63, 3.8) is 0 Å². The van der Waals surface area contributed by atoms with Gasteiger partial charge in [0.05, 0.1) is 26.4 Å². The predicted molar refractivity (Wildman–Crippen MR) is 400 cm³/mol. The number of phosphoric acid groups is 2. The number of ether oxygens (including phenoxy) is 4. The number of allylic oxidation sites excluding steroid dienone is 12. The summed E-state index contributed by atoms with van der Waals surface area (Å²) in [7, 11) is -9.95. The Bertz CT molecular complexity index is 2140. The molecule has 5 atom stereocenters. The lowest BCUT2D eigenvalue weighted by molar-refractivity contribution is -0.161. The lowest BCUT2D eigenvalue weighted by Gasteiger charge is -2.21. The molecule has 3 N–H and O–H groups in total. The minimum atomic E-state index is -4.97. The molecule has 0 amide bonds. The fourth-order valence-corrected chi connectivity index (χ4v) is 12.3. The molecule has 0 fully saturated rings. The van der Waals surface area contributed by atoms with E-state index in [4.69, 9.17) is 37.0 Å². The van der Waals surface area contributed by atoms with Gasteiger partial charge in [-0.3, -0.25) is 37.3 Å². The molecule has 0 aromatic carbocycles. The van der Waals surface area contributed by atoms with Gasteiger partial charge in [-0.15, -0.1) is 0 Å². The number of carbonyl (C=O) groups excluding carboxylic acids is 4. The molecule has 5 unspecified atom stereocenters. The molecule has 0 spiro atoms. The molecule has 0 aliphatic rings. The third kappa shape index (κ3) is 70.9. The molecule has 17 nitrogen and oxygen atoms in total. The van der Waals surface area contributed by atoms with Gasteiger partial charge in [0.1, 0.15) is 19.3 Å². The first kappa shape index (κ1) is 94.5. The second-order valence-electron chi connectivity index (χ2n) is 26.3. The summed E-state index contributed by atoms with van der Waals surface area (Å²) in [4.78, 5) is 72.9. The van der Waals surface area contributed by atoms with Crippen LogP contribution in [0.4, 0.5) is 0 Å². The van der Waals surface area contributed by atoms with Crippen LogP contribution in [0, 0.1) is 0 Å². The first-order valence-electron chi connectivity index (χ1n) is 39.2. The van der Waals surface area contributed by atoms with Gasteiger partial charge in [0.25, 0.3) is 0 Å². The van der Waals surface area contributed by atoms with E-state index in [2.05, 4.69) is 101 Å². The Hall–Kier alpha value is -3.50. The fraction of sp³-hybridized carbons (Fsp3) is 0.797. The van der Waals surface area contributed by atoms with Crippen molar-refractivity contribution in [3.8, 4) is 0 Å². The van der Waals surface area contributed by atoms with Crippen LogP contribution in [0.5, 0.6) is 0 Å². The summed E-state index contributed by atoms with van der Waals surface area (Å²) in [5, 5.41) is 10.6. The molecule has 0 aromatic heterocycles. The van der Waals surface area contributed by atoms with E-state index in [1.165, 1.54) is 109 Å². The van der Waals surface area contributed by atoms with E-state index in [-0.39, 0.29) is 25.7 Å². The summed E-state index contributed by atoms with van der Waals surface area (Å²) < 4.78 is 68.5. The number of rotatable bonds is 74. The van der Waals surface area contributed by atoms with Crippen LogP contribution in [0.15, 0.2) is 72.9 Å². The summed E-state index contributed by atoms with van der Waals surface area (Å²) in [6.45, 7) is 4.73. The van der Waals surface area contributed by atoms with Crippen molar-refractivity contribution in [2.45, 2.75) is 367 Å². The van der Waals surface area contributed by atoms with Crippen molar-refractivity contribution in [3.05, 3.63) is 72.9 Å². The average Bonchev–Trinajstić information content (AvgIpc) is 0.959. The van der Waals surface area contributed by atoms with Crippen LogP contribution in [0.1, 0.15) is 349 Å². The number of hydrogen-bond acceptors (Lipinski definition) is 15. The lowest BCUT2D eigenvalue weighted by atomic mass is 10.0. The number of aliphatic hydroxyl groups excluding tert-OH is 1. The quantitative estimate of drug-likeness (QED) is 0.0169. The zero-order valence-corrected chi connectivity index (χ0v) is 64.0. The van der Waals surface area contributed by atoms with Crippen molar-refractivity contribution >= 4 is 39.5 Å². The Morgan fingerprint density at radius 2 is 0.531 bits per heavy atom. The van der Waals surface area contributed by atoms with Crippen molar-refractivity contribution in [2.24, 2.45) is 0 Å². The zero-order chi connectivity index (χ0) is 71.8. The SMILES string of the molecule is CC/C=C\C/C=C\C/C=C\CCCCCCCC(=O)OCC(COP(=O)(O)OCC(O)COP(=O)(O)OCC(COC(=O)CCCCCCC/C=C\C/C=C\CCCCC)OC(=O)CCCCCCCCCCCCCCCCC)OC(=O)CCCCCCC/C=C\CCCCCC. The van der Waals surface area contributed by atoms with Crippen LogP contribution in [0.3, 0.4) is 0 Å². The maximum atomic E-state index is 13.1. The highest BCUT2D eigenvalue weighted by Crippen LogP contribution is 2.45. The van der Waals surface area contributed by atoms with Gasteiger partial charge in [-0.1, -0.05) is 280 Å².